The molecule has 1 aliphatic rings. The largest absolute Gasteiger partial charge is 0.376 e. The van der Waals surface area contributed by atoms with Gasteiger partial charge in [-0.3, -0.25) is 0 Å². The topological polar surface area (TPSA) is 21.3 Å². The fraction of sp³-hybridized carbons (Fsp3) is 0.647. The summed E-state index contributed by atoms with van der Waals surface area (Å²) in [6, 6.07) is 9.10. The Bertz CT molecular complexity index is 389. The summed E-state index contributed by atoms with van der Waals surface area (Å²) in [6.45, 7) is 8.58. The Balaban J connectivity index is 1.91. The molecule has 2 heteroatoms. The molecule has 1 aromatic carbocycles. The lowest BCUT2D eigenvalue weighted by molar-refractivity contribution is 0.0318. The Morgan fingerprint density at radius 2 is 2.11 bits per heavy atom. The van der Waals surface area contributed by atoms with Gasteiger partial charge < -0.3 is 10.1 Å². The third kappa shape index (κ3) is 3.80. The van der Waals surface area contributed by atoms with Crippen LogP contribution in [0.25, 0.3) is 0 Å². The van der Waals surface area contributed by atoms with Crippen molar-refractivity contribution in [2.75, 3.05) is 13.2 Å². The maximum atomic E-state index is 6.14. The van der Waals surface area contributed by atoms with Gasteiger partial charge in [-0.1, -0.05) is 45.0 Å². The molecule has 0 saturated carbocycles. The van der Waals surface area contributed by atoms with E-state index in [0.717, 1.165) is 25.5 Å². The zero-order valence-corrected chi connectivity index (χ0v) is 12.5. The Morgan fingerprint density at radius 1 is 1.32 bits per heavy atom. The summed E-state index contributed by atoms with van der Waals surface area (Å²) in [5, 5.41) is 3.58. The molecule has 0 aliphatic heterocycles. The van der Waals surface area contributed by atoms with Crippen molar-refractivity contribution < 1.29 is 4.74 Å². The number of nitrogens with one attached hydrogen (secondary N) is 1. The lowest BCUT2D eigenvalue weighted by Gasteiger charge is -2.22. The molecule has 0 spiro atoms. The number of hydrogen-bond acceptors (Lipinski definition) is 2. The van der Waals surface area contributed by atoms with E-state index >= 15 is 0 Å². The summed E-state index contributed by atoms with van der Waals surface area (Å²) in [5.41, 5.74) is 2.88. The maximum Gasteiger partial charge on any atom is 0.0810 e. The van der Waals surface area contributed by atoms with Gasteiger partial charge in [0.15, 0.2) is 0 Å². The molecule has 0 saturated heterocycles. The van der Waals surface area contributed by atoms with Gasteiger partial charge >= 0.3 is 0 Å². The summed E-state index contributed by atoms with van der Waals surface area (Å²) in [5.74, 6) is 0.772. The molecule has 0 aromatic heterocycles. The van der Waals surface area contributed by atoms with Crippen LogP contribution >= 0.6 is 0 Å². The van der Waals surface area contributed by atoms with Gasteiger partial charge in [0.05, 0.1) is 12.1 Å². The first-order valence-corrected chi connectivity index (χ1v) is 7.65. The molecule has 1 N–H and O–H groups in total. The third-order valence-electron chi connectivity index (χ3n) is 3.86. The molecule has 2 unspecified atom stereocenters. The molecule has 0 heterocycles. The zero-order valence-electron chi connectivity index (χ0n) is 12.5. The summed E-state index contributed by atoms with van der Waals surface area (Å²) in [4.78, 5) is 0. The van der Waals surface area contributed by atoms with Gasteiger partial charge in [-0.2, -0.15) is 0 Å². The van der Waals surface area contributed by atoms with Crippen LogP contribution in [-0.4, -0.2) is 19.3 Å². The minimum absolute atomic E-state index is 0.310. The first-order valence-electron chi connectivity index (χ1n) is 7.65. The van der Waals surface area contributed by atoms with Crippen molar-refractivity contribution >= 4 is 0 Å². The number of likely N-dealkylation sites (N-methyl/N-ethyl adjacent to an activating group) is 1. The first-order chi connectivity index (χ1) is 9.22. The monoisotopic (exact) mass is 261 g/mol. The molecule has 1 aliphatic carbocycles. The average Bonchev–Trinajstić information content (AvgIpc) is 2.74. The number of hydrogen-bond donors (Lipinski definition) is 1. The van der Waals surface area contributed by atoms with Gasteiger partial charge in [0, 0.05) is 13.0 Å². The van der Waals surface area contributed by atoms with Gasteiger partial charge in [-0.25, -0.2) is 0 Å². The van der Waals surface area contributed by atoms with E-state index < -0.39 is 0 Å². The zero-order chi connectivity index (χ0) is 13.7. The number of ether oxygens (including phenoxy) is 1. The first kappa shape index (κ1) is 14.5. The molecule has 0 bridgehead atoms. The standard InChI is InChI=1S/C17H27NO/c1-4-18-17-15-10-6-5-9-14(15)12-16(17)19-11-7-8-13(2)3/h5-6,9-10,13,16-18H,4,7-8,11-12H2,1-3H3. The third-order valence-corrected chi connectivity index (χ3v) is 3.86. The lowest BCUT2D eigenvalue weighted by Crippen LogP contribution is -2.31. The lowest BCUT2D eigenvalue weighted by atomic mass is 10.1. The van der Waals surface area contributed by atoms with Gasteiger partial charge in [0.25, 0.3) is 0 Å². The maximum absolute atomic E-state index is 6.14. The summed E-state index contributed by atoms with van der Waals surface area (Å²) in [7, 11) is 0. The molecule has 2 nitrogen and oxygen atoms in total. The van der Waals surface area contributed by atoms with E-state index in [1.54, 1.807) is 0 Å². The molecular weight excluding hydrogens is 234 g/mol. The highest BCUT2D eigenvalue weighted by atomic mass is 16.5. The average molecular weight is 261 g/mol. The van der Waals surface area contributed by atoms with Crippen molar-refractivity contribution in [1.29, 1.82) is 0 Å². The van der Waals surface area contributed by atoms with Crippen LogP contribution in [0.2, 0.25) is 0 Å². The molecule has 0 radical (unpaired) electrons. The van der Waals surface area contributed by atoms with Gasteiger partial charge in [-0.15, -0.1) is 0 Å². The number of rotatable bonds is 7. The van der Waals surface area contributed by atoms with Crippen LogP contribution in [0, 0.1) is 5.92 Å². The van der Waals surface area contributed by atoms with Crippen LogP contribution in [0.4, 0.5) is 0 Å². The summed E-state index contributed by atoms with van der Waals surface area (Å²) in [6.07, 6.45) is 3.79. The smallest absolute Gasteiger partial charge is 0.0810 e. The van der Waals surface area contributed by atoms with Crippen molar-refractivity contribution in [2.24, 2.45) is 5.92 Å². The normalized spacial score (nSPS) is 21.9. The summed E-state index contributed by atoms with van der Waals surface area (Å²) >= 11 is 0. The predicted octanol–water partition coefficient (Wildman–Crippen LogP) is 3.71. The summed E-state index contributed by atoms with van der Waals surface area (Å²) < 4.78 is 6.14. The van der Waals surface area contributed by atoms with Crippen LogP contribution in [0.3, 0.4) is 0 Å². The van der Waals surface area contributed by atoms with E-state index in [0.29, 0.717) is 12.1 Å². The highest BCUT2D eigenvalue weighted by molar-refractivity contribution is 5.36. The van der Waals surface area contributed by atoms with Crippen molar-refractivity contribution in [2.45, 2.75) is 52.2 Å². The molecule has 19 heavy (non-hydrogen) atoms. The van der Waals surface area contributed by atoms with E-state index in [1.165, 1.54) is 24.0 Å². The van der Waals surface area contributed by atoms with Crippen LogP contribution in [0.1, 0.15) is 50.8 Å². The molecule has 0 amide bonds. The second kappa shape index (κ2) is 7.06. The Hall–Kier alpha value is -0.860. The molecule has 2 rings (SSSR count). The van der Waals surface area contributed by atoms with E-state index in [9.17, 15) is 0 Å². The van der Waals surface area contributed by atoms with E-state index in [-0.39, 0.29) is 0 Å². The van der Waals surface area contributed by atoms with E-state index in [2.05, 4.69) is 50.4 Å². The van der Waals surface area contributed by atoms with Crippen LogP contribution < -0.4 is 5.32 Å². The predicted molar refractivity (Wildman–Crippen MR) is 80.4 cm³/mol. The number of benzene rings is 1. The van der Waals surface area contributed by atoms with Crippen molar-refractivity contribution in [3.05, 3.63) is 35.4 Å². The van der Waals surface area contributed by atoms with Crippen LogP contribution in [-0.2, 0) is 11.2 Å². The van der Waals surface area contributed by atoms with E-state index in [1.807, 2.05) is 0 Å². The molecule has 0 fully saturated rings. The molecule has 2 atom stereocenters. The quantitative estimate of drug-likeness (QED) is 0.755. The molecule has 1 aromatic rings. The number of fused-ring (bicyclic) bond motifs is 1. The Labute approximate surface area is 117 Å². The fourth-order valence-electron chi connectivity index (χ4n) is 2.90. The van der Waals surface area contributed by atoms with Crippen LogP contribution in [0.15, 0.2) is 24.3 Å². The minimum Gasteiger partial charge on any atom is -0.376 e. The van der Waals surface area contributed by atoms with Crippen molar-refractivity contribution in [1.82, 2.24) is 5.32 Å². The molecule has 106 valence electrons. The van der Waals surface area contributed by atoms with E-state index in [4.69, 9.17) is 4.74 Å². The highest BCUT2D eigenvalue weighted by Gasteiger charge is 2.31. The van der Waals surface area contributed by atoms with Crippen molar-refractivity contribution in [3.63, 3.8) is 0 Å². The Kier molecular flexibility index (Phi) is 5.41. The second-order valence-corrected chi connectivity index (χ2v) is 5.88. The van der Waals surface area contributed by atoms with Gasteiger partial charge in [0.1, 0.15) is 0 Å². The minimum atomic E-state index is 0.310. The Morgan fingerprint density at radius 3 is 2.84 bits per heavy atom. The second-order valence-electron chi connectivity index (χ2n) is 5.88. The van der Waals surface area contributed by atoms with Crippen molar-refractivity contribution in [3.8, 4) is 0 Å². The highest BCUT2D eigenvalue weighted by Crippen LogP contribution is 2.33. The molecular formula is C17H27NO. The van der Waals surface area contributed by atoms with Crippen LogP contribution in [0.5, 0.6) is 0 Å². The van der Waals surface area contributed by atoms with Gasteiger partial charge in [-0.05, 0) is 36.4 Å². The van der Waals surface area contributed by atoms with Gasteiger partial charge in [0.2, 0.25) is 0 Å². The fourth-order valence-corrected chi connectivity index (χ4v) is 2.90. The SMILES string of the molecule is CCNC1c2ccccc2CC1OCCCC(C)C.